The largest absolute Gasteiger partial charge is 0.296 e. The number of halogens is 1. The van der Waals surface area contributed by atoms with Crippen molar-refractivity contribution < 1.29 is 4.84 Å². The minimum atomic E-state index is 0. The molecule has 0 fully saturated rings. The van der Waals surface area contributed by atoms with Crippen LogP contribution in [0.5, 0.6) is 0 Å². The Labute approximate surface area is 114 Å². The summed E-state index contributed by atoms with van der Waals surface area (Å²) in [5, 5.41) is 0. The SMILES string of the molecule is CC(NOCc1ccccc1)c1ccccc1.Cl. The van der Waals surface area contributed by atoms with Crippen molar-refractivity contribution in [2.45, 2.75) is 19.6 Å². The molecule has 2 aromatic rings. The molecule has 0 bridgehead atoms. The number of nitrogens with one attached hydrogen (secondary N) is 1. The van der Waals surface area contributed by atoms with Crippen molar-refractivity contribution in [2.75, 3.05) is 0 Å². The van der Waals surface area contributed by atoms with Gasteiger partial charge in [0, 0.05) is 0 Å². The normalized spacial score (nSPS) is 11.6. The highest BCUT2D eigenvalue weighted by Gasteiger charge is 2.03. The van der Waals surface area contributed by atoms with Gasteiger partial charge in [0.1, 0.15) is 0 Å². The number of hydrogen-bond donors (Lipinski definition) is 1. The van der Waals surface area contributed by atoms with E-state index in [0.717, 1.165) is 0 Å². The molecule has 0 spiro atoms. The summed E-state index contributed by atoms with van der Waals surface area (Å²) in [6, 6.07) is 20.6. The van der Waals surface area contributed by atoms with E-state index in [0.29, 0.717) is 6.61 Å². The van der Waals surface area contributed by atoms with Crippen molar-refractivity contribution in [3.05, 3.63) is 71.8 Å². The second kappa shape index (κ2) is 7.88. The highest BCUT2D eigenvalue weighted by atomic mass is 35.5. The monoisotopic (exact) mass is 263 g/mol. The first kappa shape index (κ1) is 14.7. The highest BCUT2D eigenvalue weighted by molar-refractivity contribution is 5.85. The molecule has 1 atom stereocenters. The lowest BCUT2D eigenvalue weighted by Gasteiger charge is -2.14. The van der Waals surface area contributed by atoms with Gasteiger partial charge >= 0.3 is 0 Å². The van der Waals surface area contributed by atoms with Gasteiger partial charge in [-0.25, -0.2) is 0 Å². The average molecular weight is 264 g/mol. The Hall–Kier alpha value is -1.35. The molecule has 0 saturated heterocycles. The molecule has 96 valence electrons. The third-order valence-corrected chi connectivity index (χ3v) is 2.64. The zero-order valence-electron chi connectivity index (χ0n) is 10.4. The predicted octanol–water partition coefficient (Wildman–Crippen LogP) is 3.89. The minimum absolute atomic E-state index is 0. The summed E-state index contributed by atoms with van der Waals surface area (Å²) >= 11 is 0. The summed E-state index contributed by atoms with van der Waals surface area (Å²) in [7, 11) is 0. The lowest BCUT2D eigenvalue weighted by Crippen LogP contribution is -2.18. The number of rotatable bonds is 5. The summed E-state index contributed by atoms with van der Waals surface area (Å²) in [5.41, 5.74) is 5.44. The standard InChI is InChI=1S/C15H17NO.ClH/c1-13(15-10-6-3-7-11-15)16-17-12-14-8-4-2-5-9-14;/h2-11,13,16H,12H2,1H3;1H. The van der Waals surface area contributed by atoms with Crippen LogP contribution in [-0.2, 0) is 11.4 Å². The third-order valence-electron chi connectivity index (χ3n) is 2.64. The average Bonchev–Trinajstić information content (AvgIpc) is 2.41. The van der Waals surface area contributed by atoms with E-state index < -0.39 is 0 Å². The number of hydrogen-bond acceptors (Lipinski definition) is 2. The van der Waals surface area contributed by atoms with E-state index in [-0.39, 0.29) is 18.4 Å². The van der Waals surface area contributed by atoms with Crippen LogP contribution in [0.2, 0.25) is 0 Å². The third kappa shape index (κ3) is 4.49. The first-order valence-electron chi connectivity index (χ1n) is 5.82. The summed E-state index contributed by atoms with van der Waals surface area (Å²) in [4.78, 5) is 5.49. The molecule has 1 N–H and O–H groups in total. The van der Waals surface area contributed by atoms with Crippen LogP contribution in [0.1, 0.15) is 24.1 Å². The van der Waals surface area contributed by atoms with Gasteiger partial charge in [0.25, 0.3) is 0 Å². The van der Waals surface area contributed by atoms with E-state index in [1.165, 1.54) is 11.1 Å². The van der Waals surface area contributed by atoms with Crippen LogP contribution in [-0.4, -0.2) is 0 Å². The van der Waals surface area contributed by atoms with E-state index in [1.54, 1.807) is 0 Å². The van der Waals surface area contributed by atoms with E-state index in [2.05, 4.69) is 36.7 Å². The molecule has 2 aromatic carbocycles. The first-order valence-corrected chi connectivity index (χ1v) is 5.82. The van der Waals surface area contributed by atoms with E-state index in [9.17, 15) is 0 Å². The molecule has 0 radical (unpaired) electrons. The molecule has 3 heteroatoms. The summed E-state index contributed by atoms with van der Waals surface area (Å²) in [6.45, 7) is 2.67. The Balaban J connectivity index is 0.00000162. The maximum Gasteiger partial charge on any atom is 0.0933 e. The first-order chi connectivity index (χ1) is 8.36. The highest BCUT2D eigenvalue weighted by Crippen LogP contribution is 2.11. The molecular weight excluding hydrogens is 246 g/mol. The van der Waals surface area contributed by atoms with Gasteiger partial charge in [0.05, 0.1) is 12.6 Å². The quantitative estimate of drug-likeness (QED) is 0.827. The Morgan fingerprint density at radius 2 is 1.50 bits per heavy atom. The van der Waals surface area contributed by atoms with Crippen LogP contribution in [0.4, 0.5) is 0 Å². The summed E-state index contributed by atoms with van der Waals surface area (Å²) < 4.78 is 0. The molecule has 0 aliphatic heterocycles. The van der Waals surface area contributed by atoms with Gasteiger partial charge in [0.2, 0.25) is 0 Å². The van der Waals surface area contributed by atoms with Crippen molar-refractivity contribution in [1.82, 2.24) is 5.48 Å². The molecule has 0 amide bonds. The summed E-state index contributed by atoms with van der Waals surface area (Å²) in [6.07, 6.45) is 0. The van der Waals surface area contributed by atoms with Gasteiger partial charge in [-0.3, -0.25) is 4.84 Å². The molecule has 0 aliphatic carbocycles. The zero-order valence-corrected chi connectivity index (χ0v) is 11.2. The van der Waals surface area contributed by atoms with Crippen LogP contribution in [0.15, 0.2) is 60.7 Å². The van der Waals surface area contributed by atoms with E-state index in [4.69, 9.17) is 4.84 Å². The van der Waals surface area contributed by atoms with Gasteiger partial charge in [0.15, 0.2) is 0 Å². The van der Waals surface area contributed by atoms with Crippen LogP contribution in [0.25, 0.3) is 0 Å². The Morgan fingerprint density at radius 3 is 2.11 bits per heavy atom. The molecule has 18 heavy (non-hydrogen) atoms. The molecule has 0 aliphatic rings. The van der Waals surface area contributed by atoms with Crippen LogP contribution in [0, 0.1) is 0 Å². The fraction of sp³-hybridized carbons (Fsp3) is 0.200. The van der Waals surface area contributed by atoms with Crippen molar-refractivity contribution in [1.29, 1.82) is 0 Å². The lowest BCUT2D eigenvalue weighted by molar-refractivity contribution is 0.00698. The molecule has 2 nitrogen and oxygen atoms in total. The topological polar surface area (TPSA) is 21.3 Å². The van der Waals surface area contributed by atoms with Gasteiger partial charge in [-0.05, 0) is 18.1 Å². The fourth-order valence-corrected chi connectivity index (χ4v) is 1.63. The molecule has 0 heterocycles. The molecule has 2 rings (SSSR count). The van der Waals surface area contributed by atoms with Crippen LogP contribution in [0.3, 0.4) is 0 Å². The Morgan fingerprint density at radius 1 is 0.944 bits per heavy atom. The smallest absolute Gasteiger partial charge is 0.0933 e. The van der Waals surface area contributed by atoms with Crippen molar-refractivity contribution in [3.63, 3.8) is 0 Å². The lowest BCUT2D eigenvalue weighted by atomic mass is 10.1. The van der Waals surface area contributed by atoms with Crippen molar-refractivity contribution in [2.24, 2.45) is 0 Å². The summed E-state index contributed by atoms with van der Waals surface area (Å²) in [5.74, 6) is 0. The van der Waals surface area contributed by atoms with E-state index in [1.807, 2.05) is 36.4 Å². The number of benzene rings is 2. The Bertz CT molecular complexity index is 433. The fourth-order valence-electron chi connectivity index (χ4n) is 1.63. The second-order valence-corrected chi connectivity index (χ2v) is 4.02. The molecule has 1 unspecified atom stereocenters. The maximum absolute atomic E-state index is 5.49. The van der Waals surface area contributed by atoms with Gasteiger partial charge in [-0.15, -0.1) is 12.4 Å². The van der Waals surface area contributed by atoms with Crippen molar-refractivity contribution in [3.8, 4) is 0 Å². The number of hydroxylamine groups is 1. The Kier molecular flexibility index (Phi) is 6.44. The van der Waals surface area contributed by atoms with Gasteiger partial charge in [-0.1, -0.05) is 60.7 Å². The molecule has 0 saturated carbocycles. The minimum Gasteiger partial charge on any atom is -0.296 e. The van der Waals surface area contributed by atoms with Gasteiger partial charge in [-0.2, -0.15) is 5.48 Å². The molecule has 0 aromatic heterocycles. The van der Waals surface area contributed by atoms with Crippen LogP contribution < -0.4 is 5.48 Å². The second-order valence-electron chi connectivity index (χ2n) is 4.02. The van der Waals surface area contributed by atoms with Gasteiger partial charge < -0.3 is 0 Å². The predicted molar refractivity (Wildman–Crippen MR) is 76.5 cm³/mol. The van der Waals surface area contributed by atoms with E-state index >= 15 is 0 Å². The maximum atomic E-state index is 5.49. The van der Waals surface area contributed by atoms with Crippen molar-refractivity contribution >= 4 is 12.4 Å². The molecular formula is C15H18ClNO. The van der Waals surface area contributed by atoms with Crippen LogP contribution >= 0.6 is 12.4 Å². The zero-order chi connectivity index (χ0) is 11.9.